The molecule has 82 valence electrons. The summed E-state index contributed by atoms with van der Waals surface area (Å²) < 4.78 is 5.44. The van der Waals surface area contributed by atoms with Gasteiger partial charge < -0.3 is 10.1 Å². The first kappa shape index (κ1) is 11.6. The molecule has 3 nitrogen and oxygen atoms in total. The van der Waals surface area contributed by atoms with Gasteiger partial charge in [0.05, 0.1) is 6.61 Å². The van der Waals surface area contributed by atoms with Crippen molar-refractivity contribution >= 4 is 5.82 Å². The Morgan fingerprint density at radius 2 is 2.40 bits per heavy atom. The number of nitrogens with zero attached hydrogens (tertiary/aromatic N) is 1. The van der Waals surface area contributed by atoms with Crippen molar-refractivity contribution in [2.45, 2.75) is 19.8 Å². The van der Waals surface area contributed by atoms with Crippen molar-refractivity contribution in [3.8, 4) is 5.88 Å². The lowest BCUT2D eigenvalue weighted by Gasteiger charge is -2.07. The number of anilines is 1. The van der Waals surface area contributed by atoms with Crippen molar-refractivity contribution in [1.29, 1.82) is 0 Å². The molecule has 1 N–H and O–H groups in total. The third kappa shape index (κ3) is 4.49. The Labute approximate surface area is 91.2 Å². The van der Waals surface area contributed by atoms with Crippen molar-refractivity contribution < 1.29 is 4.74 Å². The van der Waals surface area contributed by atoms with Crippen molar-refractivity contribution in [2.75, 3.05) is 18.5 Å². The van der Waals surface area contributed by atoms with Crippen LogP contribution in [0.1, 0.15) is 19.8 Å². The van der Waals surface area contributed by atoms with Crippen LogP contribution in [-0.4, -0.2) is 18.1 Å². The number of pyridine rings is 1. The molecule has 0 aliphatic carbocycles. The van der Waals surface area contributed by atoms with E-state index in [2.05, 4.69) is 23.8 Å². The summed E-state index contributed by atoms with van der Waals surface area (Å²) in [7, 11) is 0. The Balaban J connectivity index is 2.46. The lowest BCUT2D eigenvalue weighted by molar-refractivity contribution is 0.313. The van der Waals surface area contributed by atoms with Gasteiger partial charge in [0, 0.05) is 12.6 Å². The van der Waals surface area contributed by atoms with Gasteiger partial charge in [-0.3, -0.25) is 0 Å². The minimum Gasteiger partial charge on any atom is -0.477 e. The van der Waals surface area contributed by atoms with E-state index in [0.717, 1.165) is 25.2 Å². The summed E-state index contributed by atoms with van der Waals surface area (Å²) in [5.74, 6) is 1.53. The van der Waals surface area contributed by atoms with E-state index in [1.165, 1.54) is 0 Å². The average molecular weight is 206 g/mol. The molecule has 0 aliphatic heterocycles. The summed E-state index contributed by atoms with van der Waals surface area (Å²) >= 11 is 0. The molecule has 15 heavy (non-hydrogen) atoms. The smallest absolute Gasteiger partial charge is 0.215 e. The summed E-state index contributed by atoms with van der Waals surface area (Å²) in [6.45, 7) is 7.33. The molecule has 1 aromatic rings. The minimum atomic E-state index is 0.633. The fourth-order valence-electron chi connectivity index (χ4n) is 1.09. The second kappa shape index (κ2) is 6.87. The van der Waals surface area contributed by atoms with E-state index in [0.29, 0.717) is 12.5 Å². The van der Waals surface area contributed by atoms with Gasteiger partial charge in [-0.25, -0.2) is 0 Å². The number of hydrogen-bond acceptors (Lipinski definition) is 3. The molecular formula is C12H18N2O. The fourth-order valence-corrected chi connectivity index (χ4v) is 1.09. The summed E-state index contributed by atoms with van der Waals surface area (Å²) in [5.41, 5.74) is 0. The van der Waals surface area contributed by atoms with Gasteiger partial charge in [-0.15, -0.1) is 6.58 Å². The maximum atomic E-state index is 5.44. The van der Waals surface area contributed by atoms with Gasteiger partial charge >= 0.3 is 0 Å². The molecule has 0 saturated heterocycles. The number of ether oxygens (including phenoxy) is 1. The van der Waals surface area contributed by atoms with E-state index in [1.807, 2.05) is 24.3 Å². The highest BCUT2D eigenvalue weighted by Crippen LogP contribution is 2.11. The molecule has 1 rings (SSSR count). The molecule has 0 radical (unpaired) electrons. The van der Waals surface area contributed by atoms with Crippen LogP contribution in [-0.2, 0) is 0 Å². The molecule has 0 amide bonds. The quantitative estimate of drug-likeness (QED) is 0.550. The lowest BCUT2D eigenvalue weighted by Crippen LogP contribution is -2.03. The van der Waals surface area contributed by atoms with Crippen LogP contribution in [0, 0.1) is 0 Å². The second-order valence-corrected chi connectivity index (χ2v) is 3.21. The number of nitrogens with one attached hydrogen (secondary N) is 1. The number of rotatable bonds is 7. The summed E-state index contributed by atoms with van der Waals surface area (Å²) in [4.78, 5) is 4.31. The van der Waals surface area contributed by atoms with Gasteiger partial charge in [0.1, 0.15) is 5.82 Å². The Kier molecular flexibility index (Phi) is 5.30. The predicted molar refractivity (Wildman–Crippen MR) is 63.3 cm³/mol. The summed E-state index contributed by atoms with van der Waals surface area (Å²) in [5, 5.41) is 3.21. The van der Waals surface area contributed by atoms with E-state index in [-0.39, 0.29) is 0 Å². The third-order valence-electron chi connectivity index (χ3n) is 1.85. The predicted octanol–water partition coefficient (Wildman–Crippen LogP) is 2.86. The minimum absolute atomic E-state index is 0.633. The normalized spacial score (nSPS) is 9.67. The number of aromatic nitrogens is 1. The van der Waals surface area contributed by atoms with Crippen molar-refractivity contribution in [3.05, 3.63) is 30.9 Å². The third-order valence-corrected chi connectivity index (χ3v) is 1.85. The molecule has 0 spiro atoms. The monoisotopic (exact) mass is 206 g/mol. The molecule has 1 aromatic heterocycles. The Morgan fingerprint density at radius 1 is 1.53 bits per heavy atom. The van der Waals surface area contributed by atoms with Gasteiger partial charge in [0.15, 0.2) is 0 Å². The Bertz CT molecular complexity index is 299. The van der Waals surface area contributed by atoms with Gasteiger partial charge in [0.2, 0.25) is 5.88 Å². The van der Waals surface area contributed by atoms with Crippen molar-refractivity contribution in [1.82, 2.24) is 4.98 Å². The average Bonchev–Trinajstić information content (AvgIpc) is 2.27. The van der Waals surface area contributed by atoms with Crippen LogP contribution in [0.15, 0.2) is 30.9 Å². The van der Waals surface area contributed by atoms with Crippen LogP contribution in [0.2, 0.25) is 0 Å². The SMILES string of the molecule is C=CCCOc1cccc(NCCC)n1. The molecule has 1 heterocycles. The summed E-state index contributed by atoms with van der Waals surface area (Å²) in [6, 6.07) is 5.74. The van der Waals surface area contributed by atoms with E-state index in [9.17, 15) is 0 Å². The molecule has 3 heteroatoms. The van der Waals surface area contributed by atoms with Crippen LogP contribution >= 0.6 is 0 Å². The van der Waals surface area contributed by atoms with Crippen molar-refractivity contribution in [2.24, 2.45) is 0 Å². The molecule has 0 aliphatic rings. The van der Waals surface area contributed by atoms with Crippen LogP contribution in [0.25, 0.3) is 0 Å². The van der Waals surface area contributed by atoms with E-state index in [4.69, 9.17) is 4.74 Å². The van der Waals surface area contributed by atoms with E-state index in [1.54, 1.807) is 0 Å². The van der Waals surface area contributed by atoms with E-state index >= 15 is 0 Å². The molecule has 0 atom stereocenters. The highest BCUT2D eigenvalue weighted by Gasteiger charge is 1.96. The molecule has 0 aromatic carbocycles. The highest BCUT2D eigenvalue weighted by molar-refractivity contribution is 5.36. The zero-order valence-corrected chi connectivity index (χ0v) is 9.20. The topological polar surface area (TPSA) is 34.1 Å². The van der Waals surface area contributed by atoms with Gasteiger partial charge in [-0.2, -0.15) is 4.98 Å². The van der Waals surface area contributed by atoms with Crippen LogP contribution < -0.4 is 10.1 Å². The van der Waals surface area contributed by atoms with Crippen LogP contribution in [0.5, 0.6) is 5.88 Å². The fraction of sp³-hybridized carbons (Fsp3) is 0.417. The molecular weight excluding hydrogens is 188 g/mol. The second-order valence-electron chi connectivity index (χ2n) is 3.21. The first-order valence-electron chi connectivity index (χ1n) is 5.31. The molecule has 0 fully saturated rings. The Hall–Kier alpha value is -1.51. The summed E-state index contributed by atoms with van der Waals surface area (Å²) in [6.07, 6.45) is 3.76. The highest BCUT2D eigenvalue weighted by atomic mass is 16.5. The molecule has 0 bridgehead atoms. The lowest BCUT2D eigenvalue weighted by atomic mass is 10.4. The van der Waals surface area contributed by atoms with Gasteiger partial charge in [-0.1, -0.05) is 19.1 Å². The first-order chi connectivity index (χ1) is 7.36. The Morgan fingerprint density at radius 3 is 3.13 bits per heavy atom. The largest absolute Gasteiger partial charge is 0.477 e. The van der Waals surface area contributed by atoms with Crippen LogP contribution in [0.3, 0.4) is 0 Å². The molecule has 0 saturated carbocycles. The maximum Gasteiger partial charge on any atom is 0.215 e. The zero-order valence-electron chi connectivity index (χ0n) is 9.20. The van der Waals surface area contributed by atoms with Gasteiger partial charge in [0.25, 0.3) is 0 Å². The number of hydrogen-bond donors (Lipinski definition) is 1. The first-order valence-corrected chi connectivity index (χ1v) is 5.31. The van der Waals surface area contributed by atoms with Gasteiger partial charge in [-0.05, 0) is 18.9 Å². The standard InChI is InChI=1S/C12H18N2O/c1-3-5-10-15-12-8-6-7-11(14-12)13-9-4-2/h3,6-8H,1,4-5,9-10H2,2H3,(H,13,14). The zero-order chi connectivity index (χ0) is 10.9. The van der Waals surface area contributed by atoms with Crippen molar-refractivity contribution in [3.63, 3.8) is 0 Å². The molecule has 0 unspecified atom stereocenters. The van der Waals surface area contributed by atoms with E-state index < -0.39 is 0 Å². The van der Waals surface area contributed by atoms with Crippen LogP contribution in [0.4, 0.5) is 5.82 Å². The maximum absolute atomic E-state index is 5.44.